The van der Waals surface area contributed by atoms with Gasteiger partial charge >= 0.3 is 0 Å². The number of carbonyl (C=O) groups excluding carboxylic acids is 1. The SMILES string of the molecule is Cc1cccc(NC(=O)CCNC(N)=NCCC(C)C)n1. The Hall–Kier alpha value is -2.11. The summed E-state index contributed by atoms with van der Waals surface area (Å²) >= 11 is 0. The van der Waals surface area contributed by atoms with Gasteiger partial charge in [0.25, 0.3) is 0 Å². The van der Waals surface area contributed by atoms with Gasteiger partial charge in [-0.25, -0.2) is 4.98 Å². The van der Waals surface area contributed by atoms with Crippen molar-refractivity contribution in [2.45, 2.75) is 33.6 Å². The molecule has 0 radical (unpaired) electrons. The average molecular weight is 291 g/mol. The molecule has 0 aliphatic carbocycles. The molecule has 0 saturated carbocycles. The number of hydrogen-bond acceptors (Lipinski definition) is 3. The predicted molar refractivity (Wildman–Crippen MR) is 86.2 cm³/mol. The third-order valence-corrected chi connectivity index (χ3v) is 2.80. The summed E-state index contributed by atoms with van der Waals surface area (Å²) < 4.78 is 0. The van der Waals surface area contributed by atoms with Crippen LogP contribution in [0.4, 0.5) is 5.82 Å². The van der Waals surface area contributed by atoms with Gasteiger partial charge < -0.3 is 16.4 Å². The number of rotatable bonds is 7. The number of anilines is 1. The average Bonchev–Trinajstić information content (AvgIpc) is 2.38. The van der Waals surface area contributed by atoms with Crippen LogP contribution in [0.25, 0.3) is 0 Å². The zero-order chi connectivity index (χ0) is 15.7. The molecule has 0 atom stereocenters. The van der Waals surface area contributed by atoms with Crippen LogP contribution < -0.4 is 16.4 Å². The first-order valence-electron chi connectivity index (χ1n) is 7.24. The molecule has 0 saturated heterocycles. The number of hydrogen-bond donors (Lipinski definition) is 3. The van der Waals surface area contributed by atoms with Crippen LogP contribution in [0.3, 0.4) is 0 Å². The predicted octanol–water partition coefficient (Wildman–Crippen LogP) is 1.67. The van der Waals surface area contributed by atoms with Gasteiger partial charge in [-0.1, -0.05) is 19.9 Å². The van der Waals surface area contributed by atoms with Gasteiger partial charge in [-0.05, 0) is 31.4 Å². The van der Waals surface area contributed by atoms with E-state index in [2.05, 4.69) is 34.5 Å². The van der Waals surface area contributed by atoms with Crippen molar-refractivity contribution in [3.05, 3.63) is 23.9 Å². The number of carbonyl (C=O) groups is 1. The largest absolute Gasteiger partial charge is 0.370 e. The summed E-state index contributed by atoms with van der Waals surface area (Å²) in [6, 6.07) is 5.50. The molecule has 6 nitrogen and oxygen atoms in total. The van der Waals surface area contributed by atoms with Crippen molar-refractivity contribution < 1.29 is 4.79 Å². The van der Waals surface area contributed by atoms with Gasteiger partial charge in [-0.3, -0.25) is 9.79 Å². The summed E-state index contributed by atoms with van der Waals surface area (Å²) in [6.45, 7) is 7.32. The minimum absolute atomic E-state index is 0.101. The second-order valence-corrected chi connectivity index (χ2v) is 5.34. The number of pyridine rings is 1. The van der Waals surface area contributed by atoms with Crippen LogP contribution in [0.15, 0.2) is 23.2 Å². The van der Waals surface area contributed by atoms with Crippen molar-refractivity contribution >= 4 is 17.7 Å². The Bertz CT molecular complexity index is 485. The number of nitrogens with zero attached hydrogens (tertiary/aromatic N) is 2. The molecule has 4 N–H and O–H groups in total. The van der Waals surface area contributed by atoms with Crippen molar-refractivity contribution in [1.29, 1.82) is 0 Å². The maximum atomic E-state index is 11.7. The number of aliphatic imine (C=N–C) groups is 1. The van der Waals surface area contributed by atoms with Gasteiger partial charge in [0.2, 0.25) is 5.91 Å². The van der Waals surface area contributed by atoms with E-state index in [1.54, 1.807) is 6.07 Å². The van der Waals surface area contributed by atoms with Gasteiger partial charge in [0.15, 0.2) is 5.96 Å². The number of aromatic nitrogens is 1. The lowest BCUT2D eigenvalue weighted by Gasteiger charge is -2.07. The molecule has 0 unspecified atom stereocenters. The summed E-state index contributed by atoms with van der Waals surface area (Å²) in [5.41, 5.74) is 6.58. The maximum Gasteiger partial charge on any atom is 0.227 e. The molecule has 1 rings (SSSR count). The van der Waals surface area contributed by atoms with E-state index < -0.39 is 0 Å². The fourth-order valence-electron chi connectivity index (χ4n) is 1.62. The van der Waals surface area contributed by atoms with Gasteiger partial charge in [0.1, 0.15) is 5.82 Å². The Morgan fingerprint density at radius 1 is 1.43 bits per heavy atom. The maximum absolute atomic E-state index is 11.7. The summed E-state index contributed by atoms with van der Waals surface area (Å²) in [7, 11) is 0. The van der Waals surface area contributed by atoms with Crippen LogP contribution in [-0.4, -0.2) is 29.9 Å². The van der Waals surface area contributed by atoms with Crippen LogP contribution in [0.5, 0.6) is 0 Å². The number of nitrogens with two attached hydrogens (primary N) is 1. The van der Waals surface area contributed by atoms with E-state index in [1.165, 1.54) is 0 Å². The molecule has 1 aromatic heterocycles. The van der Waals surface area contributed by atoms with E-state index in [1.807, 2.05) is 19.1 Å². The minimum Gasteiger partial charge on any atom is -0.370 e. The van der Waals surface area contributed by atoms with Crippen molar-refractivity contribution in [1.82, 2.24) is 10.3 Å². The topological polar surface area (TPSA) is 92.4 Å². The molecule has 0 aromatic carbocycles. The number of aryl methyl sites for hydroxylation is 1. The molecule has 0 fully saturated rings. The van der Waals surface area contributed by atoms with Crippen molar-refractivity contribution in [2.24, 2.45) is 16.6 Å². The molecule has 6 heteroatoms. The van der Waals surface area contributed by atoms with E-state index in [9.17, 15) is 4.79 Å². The molecule has 116 valence electrons. The summed E-state index contributed by atoms with van der Waals surface area (Å²) in [6.07, 6.45) is 1.32. The lowest BCUT2D eigenvalue weighted by atomic mass is 10.1. The summed E-state index contributed by atoms with van der Waals surface area (Å²) in [5.74, 6) is 1.46. The molecule has 0 spiro atoms. The lowest BCUT2D eigenvalue weighted by molar-refractivity contribution is -0.116. The highest BCUT2D eigenvalue weighted by Crippen LogP contribution is 2.03. The van der Waals surface area contributed by atoms with Crippen LogP contribution in [0.1, 0.15) is 32.4 Å². The Morgan fingerprint density at radius 2 is 2.19 bits per heavy atom. The Morgan fingerprint density at radius 3 is 2.86 bits per heavy atom. The van der Waals surface area contributed by atoms with Crippen molar-refractivity contribution in [2.75, 3.05) is 18.4 Å². The van der Waals surface area contributed by atoms with Crippen LogP contribution >= 0.6 is 0 Å². The zero-order valence-electron chi connectivity index (χ0n) is 13.0. The van der Waals surface area contributed by atoms with Crippen LogP contribution in [-0.2, 0) is 4.79 Å². The lowest BCUT2D eigenvalue weighted by Crippen LogP contribution is -2.34. The normalized spacial score (nSPS) is 11.5. The molecule has 1 heterocycles. The zero-order valence-corrected chi connectivity index (χ0v) is 13.0. The highest BCUT2D eigenvalue weighted by molar-refractivity contribution is 5.90. The fraction of sp³-hybridized carbons (Fsp3) is 0.533. The Labute approximate surface area is 126 Å². The number of amides is 1. The molecule has 0 aliphatic rings. The van der Waals surface area contributed by atoms with Gasteiger partial charge in [-0.15, -0.1) is 0 Å². The van der Waals surface area contributed by atoms with Gasteiger partial charge in [0.05, 0.1) is 0 Å². The van der Waals surface area contributed by atoms with E-state index in [0.29, 0.717) is 37.2 Å². The number of guanidine groups is 1. The van der Waals surface area contributed by atoms with Crippen molar-refractivity contribution in [3.8, 4) is 0 Å². The minimum atomic E-state index is -0.101. The monoisotopic (exact) mass is 291 g/mol. The molecule has 1 aromatic rings. The summed E-state index contributed by atoms with van der Waals surface area (Å²) in [4.78, 5) is 20.1. The first kappa shape index (κ1) is 16.9. The van der Waals surface area contributed by atoms with E-state index >= 15 is 0 Å². The Kier molecular flexibility index (Phi) is 7.21. The van der Waals surface area contributed by atoms with Crippen LogP contribution in [0, 0.1) is 12.8 Å². The molecule has 1 amide bonds. The molecule has 0 aliphatic heterocycles. The van der Waals surface area contributed by atoms with E-state index in [-0.39, 0.29) is 5.91 Å². The fourth-order valence-corrected chi connectivity index (χ4v) is 1.62. The second-order valence-electron chi connectivity index (χ2n) is 5.34. The first-order chi connectivity index (χ1) is 9.97. The smallest absolute Gasteiger partial charge is 0.227 e. The standard InChI is InChI=1S/C15H25N5O/c1-11(2)7-9-17-15(16)18-10-8-14(21)20-13-6-4-5-12(3)19-13/h4-6,11H,7-10H2,1-3H3,(H3,16,17,18)(H,19,20,21). The van der Waals surface area contributed by atoms with E-state index in [0.717, 1.165) is 12.1 Å². The first-order valence-corrected chi connectivity index (χ1v) is 7.24. The van der Waals surface area contributed by atoms with Gasteiger partial charge in [-0.2, -0.15) is 0 Å². The third-order valence-electron chi connectivity index (χ3n) is 2.80. The number of nitrogens with one attached hydrogen (secondary N) is 2. The molecule has 21 heavy (non-hydrogen) atoms. The molecule has 0 bridgehead atoms. The highest BCUT2D eigenvalue weighted by Gasteiger charge is 2.03. The molecular formula is C15H25N5O. The van der Waals surface area contributed by atoms with Crippen LogP contribution in [0.2, 0.25) is 0 Å². The Balaban J connectivity index is 2.24. The van der Waals surface area contributed by atoms with E-state index in [4.69, 9.17) is 5.73 Å². The van der Waals surface area contributed by atoms with Gasteiger partial charge in [0, 0.05) is 25.2 Å². The second kappa shape index (κ2) is 8.94. The van der Waals surface area contributed by atoms with Crippen molar-refractivity contribution in [3.63, 3.8) is 0 Å². The molecular weight excluding hydrogens is 266 g/mol. The summed E-state index contributed by atoms with van der Waals surface area (Å²) in [5, 5.41) is 5.67. The quantitative estimate of drug-likeness (QED) is 0.526. The highest BCUT2D eigenvalue weighted by atomic mass is 16.1. The third kappa shape index (κ3) is 7.91.